The van der Waals surface area contributed by atoms with E-state index in [0.717, 1.165) is 56.2 Å². The van der Waals surface area contributed by atoms with Crippen molar-refractivity contribution in [2.24, 2.45) is 0 Å². The average Bonchev–Trinajstić information content (AvgIpc) is 2.89. The van der Waals surface area contributed by atoms with Gasteiger partial charge < -0.3 is 10.6 Å². The van der Waals surface area contributed by atoms with E-state index < -0.39 is 0 Å². The van der Waals surface area contributed by atoms with Crippen molar-refractivity contribution in [2.75, 3.05) is 45.5 Å². The summed E-state index contributed by atoms with van der Waals surface area (Å²) in [6.07, 6.45) is 1.87. The highest BCUT2D eigenvalue weighted by Gasteiger charge is 2.15. The number of aromatic nitrogens is 2. The Morgan fingerprint density at radius 2 is 1.76 bits per heavy atom. The normalized spacial score (nSPS) is 17.2. The number of likely N-dealkylation sites (N-methyl/N-ethyl adjacent to an activating group) is 1. The second-order valence-electron chi connectivity index (χ2n) is 5.68. The maximum Gasteiger partial charge on any atom is 0.129 e. The molecule has 1 saturated heterocycles. The van der Waals surface area contributed by atoms with Gasteiger partial charge >= 0.3 is 0 Å². The molecule has 1 fully saturated rings. The zero-order chi connectivity index (χ0) is 14.7. The van der Waals surface area contributed by atoms with E-state index in [1.165, 1.54) is 0 Å². The van der Waals surface area contributed by atoms with Crippen LogP contribution >= 0.6 is 0 Å². The number of anilines is 1. The fourth-order valence-corrected chi connectivity index (χ4v) is 2.72. The molecule has 1 aliphatic heterocycles. The lowest BCUT2D eigenvalue weighted by Gasteiger charge is -2.32. The first-order valence-corrected chi connectivity index (χ1v) is 7.51. The summed E-state index contributed by atoms with van der Waals surface area (Å²) in [4.78, 5) is 4.84. The molecule has 1 aliphatic rings. The van der Waals surface area contributed by atoms with Crippen LogP contribution in [-0.4, -0.2) is 59.4 Å². The molecule has 0 bridgehead atoms. The number of nitrogens with zero attached hydrogens (tertiary/aromatic N) is 4. The van der Waals surface area contributed by atoms with Gasteiger partial charge in [-0.3, -0.25) is 4.90 Å². The van der Waals surface area contributed by atoms with Crippen LogP contribution < -0.4 is 5.73 Å². The van der Waals surface area contributed by atoms with E-state index in [-0.39, 0.29) is 0 Å². The Morgan fingerprint density at radius 1 is 1.05 bits per heavy atom. The summed E-state index contributed by atoms with van der Waals surface area (Å²) < 4.78 is 1.92. The lowest BCUT2D eigenvalue weighted by atomic mass is 10.1. The van der Waals surface area contributed by atoms with Crippen molar-refractivity contribution < 1.29 is 0 Å². The molecule has 21 heavy (non-hydrogen) atoms. The molecule has 5 nitrogen and oxygen atoms in total. The fourth-order valence-electron chi connectivity index (χ4n) is 2.72. The van der Waals surface area contributed by atoms with Crippen LogP contribution in [0.25, 0.3) is 11.1 Å². The van der Waals surface area contributed by atoms with Crippen molar-refractivity contribution in [3.63, 3.8) is 0 Å². The summed E-state index contributed by atoms with van der Waals surface area (Å²) in [5.41, 5.74) is 8.39. The third kappa shape index (κ3) is 3.25. The molecule has 2 heterocycles. The first-order valence-electron chi connectivity index (χ1n) is 7.51. The molecule has 1 aromatic heterocycles. The summed E-state index contributed by atoms with van der Waals surface area (Å²) in [5, 5.41) is 4.45. The van der Waals surface area contributed by atoms with E-state index in [1.54, 1.807) is 0 Å². The van der Waals surface area contributed by atoms with Crippen LogP contribution in [0.2, 0.25) is 0 Å². The zero-order valence-electron chi connectivity index (χ0n) is 12.6. The summed E-state index contributed by atoms with van der Waals surface area (Å²) in [5.74, 6) is 0.760. The van der Waals surface area contributed by atoms with Crippen molar-refractivity contribution in [3.05, 3.63) is 36.5 Å². The number of piperazine rings is 1. The average molecular weight is 285 g/mol. The maximum atomic E-state index is 6.25. The van der Waals surface area contributed by atoms with Crippen LogP contribution in [0.1, 0.15) is 0 Å². The topological polar surface area (TPSA) is 50.3 Å². The monoisotopic (exact) mass is 285 g/mol. The van der Waals surface area contributed by atoms with Crippen LogP contribution in [0, 0.1) is 0 Å². The molecule has 0 radical (unpaired) electrons. The maximum absolute atomic E-state index is 6.25. The second-order valence-corrected chi connectivity index (χ2v) is 5.68. The minimum atomic E-state index is 0.760. The molecule has 0 atom stereocenters. The van der Waals surface area contributed by atoms with E-state index in [4.69, 9.17) is 5.73 Å². The van der Waals surface area contributed by atoms with E-state index in [9.17, 15) is 0 Å². The predicted molar refractivity (Wildman–Crippen MR) is 86.0 cm³/mol. The lowest BCUT2D eigenvalue weighted by Crippen LogP contribution is -2.45. The molecule has 0 amide bonds. The van der Waals surface area contributed by atoms with Crippen molar-refractivity contribution in [2.45, 2.75) is 6.54 Å². The molecule has 1 aromatic carbocycles. The van der Waals surface area contributed by atoms with Gasteiger partial charge in [-0.25, -0.2) is 4.68 Å². The highest BCUT2D eigenvalue weighted by Crippen LogP contribution is 2.24. The summed E-state index contributed by atoms with van der Waals surface area (Å²) in [6, 6.07) is 10.2. The van der Waals surface area contributed by atoms with Gasteiger partial charge in [0.1, 0.15) is 5.82 Å². The highest BCUT2D eigenvalue weighted by molar-refractivity contribution is 5.73. The van der Waals surface area contributed by atoms with Crippen molar-refractivity contribution >= 4 is 5.82 Å². The predicted octanol–water partition coefficient (Wildman–Crippen LogP) is 1.38. The Labute approximate surface area is 126 Å². The Hall–Kier alpha value is -1.85. The Kier molecular flexibility index (Phi) is 4.22. The van der Waals surface area contributed by atoms with Gasteiger partial charge in [0, 0.05) is 38.3 Å². The summed E-state index contributed by atoms with van der Waals surface area (Å²) >= 11 is 0. The molecule has 0 unspecified atom stereocenters. The molecule has 5 heteroatoms. The summed E-state index contributed by atoms with van der Waals surface area (Å²) in [6.45, 7) is 6.40. The molecule has 0 aliphatic carbocycles. The van der Waals surface area contributed by atoms with Gasteiger partial charge in [-0.15, -0.1) is 0 Å². The van der Waals surface area contributed by atoms with E-state index in [0.29, 0.717) is 0 Å². The molecular weight excluding hydrogens is 262 g/mol. The van der Waals surface area contributed by atoms with E-state index >= 15 is 0 Å². The molecule has 112 valence electrons. The van der Waals surface area contributed by atoms with Gasteiger partial charge in [0.25, 0.3) is 0 Å². The number of nitrogens with two attached hydrogens (primary N) is 1. The standard InChI is InChI=1S/C16H23N5/c1-19-7-9-20(10-8-19)11-12-21-16(17)15(13-18-21)14-5-3-2-4-6-14/h2-6,13H,7-12,17H2,1H3. The van der Waals surface area contributed by atoms with Crippen LogP contribution in [0.5, 0.6) is 0 Å². The smallest absolute Gasteiger partial charge is 0.129 e. The lowest BCUT2D eigenvalue weighted by molar-refractivity contribution is 0.149. The Bertz CT molecular complexity index is 570. The molecular formula is C16H23N5. The third-order valence-corrected chi connectivity index (χ3v) is 4.19. The molecule has 0 saturated carbocycles. The molecule has 2 N–H and O–H groups in total. The first kappa shape index (κ1) is 14.1. The Morgan fingerprint density at radius 3 is 2.48 bits per heavy atom. The number of hydrogen-bond donors (Lipinski definition) is 1. The molecule has 2 aromatic rings. The highest BCUT2D eigenvalue weighted by atomic mass is 15.3. The van der Waals surface area contributed by atoms with Gasteiger partial charge in [0.2, 0.25) is 0 Å². The number of nitrogen functional groups attached to an aromatic ring is 1. The summed E-state index contributed by atoms with van der Waals surface area (Å²) in [7, 11) is 2.18. The number of hydrogen-bond acceptors (Lipinski definition) is 4. The van der Waals surface area contributed by atoms with Gasteiger partial charge in [0.15, 0.2) is 0 Å². The van der Waals surface area contributed by atoms with Crippen LogP contribution in [0.15, 0.2) is 36.5 Å². The third-order valence-electron chi connectivity index (χ3n) is 4.19. The van der Waals surface area contributed by atoms with Crippen LogP contribution in [0.3, 0.4) is 0 Å². The van der Waals surface area contributed by atoms with Gasteiger partial charge in [-0.05, 0) is 12.6 Å². The van der Waals surface area contributed by atoms with Gasteiger partial charge in [-0.2, -0.15) is 5.10 Å². The molecule has 0 spiro atoms. The van der Waals surface area contributed by atoms with Crippen LogP contribution in [-0.2, 0) is 6.54 Å². The number of benzene rings is 1. The fraction of sp³-hybridized carbons (Fsp3) is 0.438. The SMILES string of the molecule is CN1CCN(CCn2ncc(-c3ccccc3)c2N)CC1. The largest absolute Gasteiger partial charge is 0.383 e. The first-order chi connectivity index (χ1) is 10.2. The second kappa shape index (κ2) is 6.28. The van der Waals surface area contributed by atoms with Crippen molar-refractivity contribution in [3.8, 4) is 11.1 Å². The van der Waals surface area contributed by atoms with Crippen molar-refractivity contribution in [1.82, 2.24) is 19.6 Å². The Balaban J connectivity index is 1.63. The zero-order valence-corrected chi connectivity index (χ0v) is 12.6. The van der Waals surface area contributed by atoms with Crippen molar-refractivity contribution in [1.29, 1.82) is 0 Å². The quantitative estimate of drug-likeness (QED) is 0.922. The van der Waals surface area contributed by atoms with Gasteiger partial charge in [0.05, 0.1) is 12.7 Å². The van der Waals surface area contributed by atoms with Gasteiger partial charge in [-0.1, -0.05) is 30.3 Å². The molecule has 3 rings (SSSR count). The van der Waals surface area contributed by atoms with Crippen LogP contribution in [0.4, 0.5) is 5.82 Å². The van der Waals surface area contributed by atoms with E-state index in [2.05, 4.69) is 34.1 Å². The minimum Gasteiger partial charge on any atom is -0.383 e. The van der Waals surface area contributed by atoms with E-state index in [1.807, 2.05) is 29.1 Å². The minimum absolute atomic E-state index is 0.760. The number of rotatable bonds is 4.